The van der Waals surface area contributed by atoms with E-state index in [1.54, 1.807) is 24.3 Å². The molecule has 1 aliphatic rings. The highest BCUT2D eigenvalue weighted by Crippen LogP contribution is 2.29. The second kappa shape index (κ2) is 7.06. The lowest BCUT2D eigenvalue weighted by Gasteiger charge is -2.11. The van der Waals surface area contributed by atoms with Gasteiger partial charge in [0, 0.05) is 5.56 Å². The summed E-state index contributed by atoms with van der Waals surface area (Å²) in [5, 5.41) is 3.53. The van der Waals surface area contributed by atoms with E-state index >= 15 is 0 Å². The van der Waals surface area contributed by atoms with Gasteiger partial charge in [-0.2, -0.15) is 13.2 Å². The number of allylic oxidation sites excluding steroid dienone is 1. The molecule has 0 N–H and O–H groups in total. The number of Topliss-reactive ketones (excluding diaryl/α,β-unsaturated/α-hetero) is 1. The van der Waals surface area contributed by atoms with Gasteiger partial charge in [0.25, 0.3) is 0 Å². The van der Waals surface area contributed by atoms with Crippen molar-refractivity contribution in [2.75, 3.05) is 7.11 Å². The summed E-state index contributed by atoms with van der Waals surface area (Å²) in [7, 11) is 1.50. The SMILES string of the molecule is COc1ccc2c(c1)C=CC(=NOC(=O)c1ccc(C(F)(F)F)cc1)C2=O. The molecule has 8 heteroatoms. The van der Waals surface area contributed by atoms with Gasteiger partial charge in [-0.25, -0.2) is 4.79 Å². The standard InChI is InChI=1S/C19H12F3NO4/c1-26-14-7-8-15-12(10-14)4-9-16(17(15)24)23-27-18(25)11-2-5-13(6-3-11)19(20,21)22/h2-10H,1H3. The van der Waals surface area contributed by atoms with Crippen LogP contribution in [0.5, 0.6) is 5.75 Å². The molecule has 0 atom stereocenters. The zero-order valence-corrected chi connectivity index (χ0v) is 13.9. The number of ether oxygens (including phenoxy) is 1. The highest BCUT2D eigenvalue weighted by atomic mass is 19.4. The first-order chi connectivity index (χ1) is 12.8. The van der Waals surface area contributed by atoms with E-state index in [4.69, 9.17) is 9.57 Å². The Hall–Kier alpha value is -3.42. The van der Waals surface area contributed by atoms with Gasteiger partial charge in [-0.05, 0) is 54.1 Å². The van der Waals surface area contributed by atoms with Crippen LogP contribution in [-0.4, -0.2) is 24.6 Å². The number of carbonyl (C=O) groups is 2. The van der Waals surface area contributed by atoms with Gasteiger partial charge < -0.3 is 9.57 Å². The summed E-state index contributed by atoms with van der Waals surface area (Å²) in [6.07, 6.45) is -1.51. The molecule has 0 radical (unpaired) electrons. The maximum absolute atomic E-state index is 12.5. The van der Waals surface area contributed by atoms with Crippen molar-refractivity contribution < 1.29 is 32.3 Å². The van der Waals surface area contributed by atoms with Crippen LogP contribution in [0.25, 0.3) is 6.08 Å². The van der Waals surface area contributed by atoms with Gasteiger partial charge in [-0.15, -0.1) is 0 Å². The number of methoxy groups -OCH3 is 1. The number of halogens is 3. The van der Waals surface area contributed by atoms with Crippen molar-refractivity contribution in [1.29, 1.82) is 0 Å². The minimum atomic E-state index is -4.50. The highest BCUT2D eigenvalue weighted by Gasteiger charge is 2.30. The van der Waals surface area contributed by atoms with E-state index in [9.17, 15) is 22.8 Å². The third-order valence-corrected chi connectivity index (χ3v) is 3.83. The Labute approximate surface area is 151 Å². The lowest BCUT2D eigenvalue weighted by atomic mass is 9.95. The van der Waals surface area contributed by atoms with Crippen LogP contribution < -0.4 is 4.74 Å². The average molecular weight is 375 g/mol. The minimum Gasteiger partial charge on any atom is -0.497 e. The first kappa shape index (κ1) is 18.4. The van der Waals surface area contributed by atoms with Crippen molar-refractivity contribution in [3.8, 4) is 5.75 Å². The molecule has 0 fully saturated rings. The number of fused-ring (bicyclic) bond motifs is 1. The van der Waals surface area contributed by atoms with Gasteiger partial charge in [-0.3, -0.25) is 4.79 Å². The first-order valence-electron chi connectivity index (χ1n) is 7.67. The van der Waals surface area contributed by atoms with Crippen LogP contribution >= 0.6 is 0 Å². The number of ketones is 1. The number of hydrogen-bond donors (Lipinski definition) is 0. The van der Waals surface area contributed by atoms with Crippen molar-refractivity contribution in [2.45, 2.75) is 6.18 Å². The molecule has 0 bridgehead atoms. The number of alkyl halides is 3. The minimum absolute atomic E-state index is 0.104. The number of oxime groups is 1. The lowest BCUT2D eigenvalue weighted by molar-refractivity contribution is -0.137. The van der Waals surface area contributed by atoms with Crippen LogP contribution in [0.15, 0.2) is 53.7 Å². The van der Waals surface area contributed by atoms with Gasteiger partial charge in [0.05, 0.1) is 18.2 Å². The normalized spacial score (nSPS) is 14.8. The summed E-state index contributed by atoms with van der Waals surface area (Å²) in [4.78, 5) is 29.0. The van der Waals surface area contributed by atoms with Gasteiger partial charge >= 0.3 is 12.1 Å². The van der Waals surface area contributed by atoms with Crippen molar-refractivity contribution in [3.63, 3.8) is 0 Å². The van der Waals surface area contributed by atoms with E-state index < -0.39 is 23.5 Å². The summed E-state index contributed by atoms with van der Waals surface area (Å²) in [5.74, 6) is -0.839. The molecule has 138 valence electrons. The quantitative estimate of drug-likeness (QED) is 0.598. The van der Waals surface area contributed by atoms with Crippen molar-refractivity contribution >= 4 is 23.5 Å². The Kier molecular flexibility index (Phi) is 4.81. The monoisotopic (exact) mass is 375 g/mol. The van der Waals surface area contributed by atoms with Crippen molar-refractivity contribution in [1.82, 2.24) is 0 Å². The maximum Gasteiger partial charge on any atom is 0.416 e. The van der Waals surface area contributed by atoms with Crippen LogP contribution in [0.3, 0.4) is 0 Å². The molecule has 27 heavy (non-hydrogen) atoms. The van der Waals surface area contributed by atoms with Crippen LogP contribution in [0.1, 0.15) is 31.8 Å². The van der Waals surface area contributed by atoms with Crippen molar-refractivity contribution in [3.05, 3.63) is 70.8 Å². The Bertz CT molecular complexity index is 960. The summed E-state index contributed by atoms with van der Waals surface area (Å²) >= 11 is 0. The van der Waals surface area contributed by atoms with E-state index in [0.717, 1.165) is 24.3 Å². The fourth-order valence-electron chi connectivity index (χ4n) is 2.41. The predicted octanol–water partition coefficient (Wildman–Crippen LogP) is 4.14. The Morgan fingerprint density at radius 3 is 2.37 bits per heavy atom. The maximum atomic E-state index is 12.5. The van der Waals surface area contributed by atoms with Gasteiger partial charge in [0.1, 0.15) is 5.75 Å². The molecular formula is C19H12F3NO4. The molecule has 0 heterocycles. The molecule has 2 aromatic rings. The third kappa shape index (κ3) is 3.89. The zero-order valence-electron chi connectivity index (χ0n) is 13.9. The van der Waals surface area contributed by atoms with E-state index in [0.29, 0.717) is 16.9 Å². The molecule has 0 aliphatic heterocycles. The topological polar surface area (TPSA) is 65.0 Å². The summed E-state index contributed by atoms with van der Waals surface area (Å²) in [6.45, 7) is 0. The fourth-order valence-corrected chi connectivity index (χ4v) is 2.41. The first-order valence-corrected chi connectivity index (χ1v) is 7.67. The average Bonchev–Trinajstić information content (AvgIpc) is 2.66. The molecule has 0 saturated carbocycles. The number of carbonyl (C=O) groups excluding carboxylic acids is 2. The molecule has 0 unspecified atom stereocenters. The van der Waals surface area contributed by atoms with Crippen molar-refractivity contribution in [2.24, 2.45) is 5.16 Å². The Morgan fingerprint density at radius 2 is 1.74 bits per heavy atom. The molecule has 0 spiro atoms. The van der Waals surface area contributed by atoms with Crippen LogP contribution in [0.4, 0.5) is 13.2 Å². The largest absolute Gasteiger partial charge is 0.497 e. The molecule has 1 aliphatic carbocycles. The highest BCUT2D eigenvalue weighted by molar-refractivity contribution is 6.52. The number of nitrogens with zero attached hydrogens (tertiary/aromatic N) is 1. The summed E-state index contributed by atoms with van der Waals surface area (Å²) in [5.41, 5.74) is -0.115. The molecular weight excluding hydrogens is 363 g/mol. The zero-order chi connectivity index (χ0) is 19.6. The number of hydrogen-bond acceptors (Lipinski definition) is 5. The van der Waals surface area contributed by atoms with E-state index in [1.165, 1.54) is 13.2 Å². The molecule has 0 saturated heterocycles. The van der Waals surface area contributed by atoms with Gasteiger partial charge in [0.15, 0.2) is 5.71 Å². The second-order valence-corrected chi connectivity index (χ2v) is 5.55. The summed E-state index contributed by atoms with van der Waals surface area (Å²) < 4.78 is 42.7. The third-order valence-electron chi connectivity index (χ3n) is 3.83. The summed E-state index contributed by atoms with van der Waals surface area (Å²) in [6, 6.07) is 8.33. The van der Waals surface area contributed by atoms with Gasteiger partial charge in [-0.1, -0.05) is 11.2 Å². The molecule has 0 amide bonds. The van der Waals surface area contributed by atoms with E-state index in [-0.39, 0.29) is 11.3 Å². The molecule has 0 aromatic heterocycles. The Balaban J connectivity index is 1.75. The van der Waals surface area contributed by atoms with E-state index in [2.05, 4.69) is 5.16 Å². The molecule has 2 aromatic carbocycles. The fraction of sp³-hybridized carbons (Fsp3) is 0.105. The van der Waals surface area contributed by atoms with Crippen LogP contribution in [-0.2, 0) is 11.0 Å². The Morgan fingerprint density at radius 1 is 1.04 bits per heavy atom. The number of benzene rings is 2. The van der Waals surface area contributed by atoms with Crippen LogP contribution in [0, 0.1) is 0 Å². The van der Waals surface area contributed by atoms with E-state index in [1.807, 2.05) is 0 Å². The predicted molar refractivity (Wildman–Crippen MR) is 90.7 cm³/mol. The van der Waals surface area contributed by atoms with Crippen LogP contribution in [0.2, 0.25) is 0 Å². The lowest BCUT2D eigenvalue weighted by Crippen LogP contribution is -2.18. The molecule has 5 nitrogen and oxygen atoms in total. The van der Waals surface area contributed by atoms with Gasteiger partial charge in [0.2, 0.25) is 5.78 Å². The number of rotatable bonds is 3. The second-order valence-electron chi connectivity index (χ2n) is 5.55. The molecule has 3 rings (SSSR count). The smallest absolute Gasteiger partial charge is 0.416 e.